The minimum atomic E-state index is -0.519. The van der Waals surface area contributed by atoms with Gasteiger partial charge in [-0.2, -0.15) is 5.10 Å². The van der Waals surface area contributed by atoms with Crippen LogP contribution in [0.25, 0.3) is 0 Å². The lowest BCUT2D eigenvalue weighted by Gasteiger charge is -2.32. The van der Waals surface area contributed by atoms with Crippen molar-refractivity contribution in [2.75, 3.05) is 39.4 Å². The summed E-state index contributed by atoms with van der Waals surface area (Å²) in [6, 6.07) is 6.20. The molecule has 9 heteroatoms. The Morgan fingerprint density at radius 1 is 1.09 bits per heavy atom. The van der Waals surface area contributed by atoms with Crippen molar-refractivity contribution in [3.63, 3.8) is 0 Å². The molecule has 0 N–H and O–H groups in total. The van der Waals surface area contributed by atoms with Gasteiger partial charge in [0.05, 0.1) is 23.2 Å². The van der Waals surface area contributed by atoms with E-state index in [1.54, 1.807) is 16.0 Å². The number of hydrogen-bond acceptors (Lipinski definition) is 5. The molecule has 2 aliphatic rings. The zero-order valence-corrected chi connectivity index (χ0v) is 22.0. The highest BCUT2D eigenvalue weighted by atomic mass is 35.5. The summed E-state index contributed by atoms with van der Waals surface area (Å²) >= 11 is 7.68. The lowest BCUT2D eigenvalue weighted by molar-refractivity contribution is 0.0435. The molecule has 4 rings (SSSR count). The number of urea groups is 1. The molecule has 0 bridgehead atoms. The van der Waals surface area contributed by atoms with Crippen molar-refractivity contribution in [2.24, 2.45) is 5.41 Å². The van der Waals surface area contributed by atoms with Gasteiger partial charge in [-0.15, -0.1) is 11.3 Å². The number of likely N-dealkylation sites (tertiary alicyclic amines) is 1. The number of nitrogens with zero attached hydrogens (tertiary/aromatic N) is 4. The van der Waals surface area contributed by atoms with E-state index >= 15 is 0 Å². The van der Waals surface area contributed by atoms with Gasteiger partial charge in [0.1, 0.15) is 0 Å². The third-order valence-electron chi connectivity index (χ3n) is 6.59. The molecular weight excluding hydrogens is 472 g/mol. The number of aryl methyl sites for hydroxylation is 2. The average Bonchev–Trinajstić information content (AvgIpc) is 3.34. The van der Waals surface area contributed by atoms with Crippen molar-refractivity contribution >= 4 is 34.9 Å². The first-order chi connectivity index (χ1) is 16.2. The van der Waals surface area contributed by atoms with Crippen LogP contribution in [-0.2, 0) is 17.6 Å². The number of carbonyl (C=O) groups is 2. The molecule has 2 amide bonds. The summed E-state index contributed by atoms with van der Waals surface area (Å²) in [6.45, 7) is 9.82. The van der Waals surface area contributed by atoms with Crippen LogP contribution in [0.3, 0.4) is 0 Å². The summed E-state index contributed by atoms with van der Waals surface area (Å²) in [5.41, 5.74) is 1.40. The number of aromatic nitrogens is 2. The van der Waals surface area contributed by atoms with Gasteiger partial charge >= 0.3 is 6.03 Å². The van der Waals surface area contributed by atoms with Crippen molar-refractivity contribution in [2.45, 2.75) is 58.8 Å². The summed E-state index contributed by atoms with van der Waals surface area (Å²) < 4.78 is 7.80. The topological polar surface area (TPSA) is 67.7 Å². The molecule has 186 valence electrons. The maximum atomic E-state index is 13.2. The first-order valence-electron chi connectivity index (χ1n) is 12.2. The van der Waals surface area contributed by atoms with E-state index in [4.69, 9.17) is 21.4 Å². The maximum Gasteiger partial charge on any atom is 0.320 e. The standard InChI is InChI=1S/C25H35ClN4O3S/c1-25(2,3)23(31)30-19(6-7-20-8-9-22(26)34-20)17-21(27-30)18-5-4-11-28(12-10-18)24(32)29-13-15-33-16-14-29/h8-9,17-18H,4-7,10-16H2,1-3H3. The Morgan fingerprint density at radius 3 is 2.50 bits per heavy atom. The SMILES string of the molecule is CC(C)(C)C(=O)n1nc(C2CCCN(C(=O)N3CCOCC3)CC2)cc1CCc1ccc(Cl)s1. The molecule has 1 unspecified atom stereocenters. The van der Waals surface area contributed by atoms with Crippen LogP contribution in [0, 0.1) is 5.41 Å². The Hall–Kier alpha value is -1.90. The van der Waals surface area contributed by atoms with Gasteiger partial charge in [-0.05, 0) is 50.3 Å². The van der Waals surface area contributed by atoms with E-state index in [-0.39, 0.29) is 17.9 Å². The zero-order valence-electron chi connectivity index (χ0n) is 20.4. The highest BCUT2D eigenvalue weighted by molar-refractivity contribution is 7.16. The number of morpholine rings is 1. The number of amides is 2. The molecule has 7 nitrogen and oxygen atoms in total. The first kappa shape index (κ1) is 25.2. The molecule has 2 aromatic rings. The van der Waals surface area contributed by atoms with Crippen LogP contribution in [0.4, 0.5) is 4.79 Å². The van der Waals surface area contributed by atoms with Gasteiger partial charge in [0, 0.05) is 48.1 Å². The third kappa shape index (κ3) is 6.01. The Labute approximate surface area is 211 Å². The largest absolute Gasteiger partial charge is 0.378 e. The number of thiophene rings is 1. The second-order valence-electron chi connectivity index (χ2n) is 10.2. The molecule has 4 heterocycles. The van der Waals surface area contributed by atoms with Crippen LogP contribution in [0.2, 0.25) is 4.34 Å². The first-order valence-corrected chi connectivity index (χ1v) is 13.4. The zero-order chi connectivity index (χ0) is 24.3. The van der Waals surface area contributed by atoms with Crippen LogP contribution in [0.5, 0.6) is 0 Å². The second kappa shape index (κ2) is 10.8. The van der Waals surface area contributed by atoms with Gasteiger partial charge in [-0.3, -0.25) is 4.79 Å². The summed E-state index contributed by atoms with van der Waals surface area (Å²) in [5, 5.41) is 4.83. The molecule has 34 heavy (non-hydrogen) atoms. The van der Waals surface area contributed by atoms with Gasteiger partial charge in [0.2, 0.25) is 0 Å². The van der Waals surface area contributed by atoms with Gasteiger partial charge < -0.3 is 14.5 Å². The van der Waals surface area contributed by atoms with Crippen molar-refractivity contribution in [3.05, 3.63) is 38.8 Å². The molecule has 1 atom stereocenters. The van der Waals surface area contributed by atoms with Gasteiger partial charge in [-0.25, -0.2) is 9.48 Å². The van der Waals surface area contributed by atoms with E-state index in [9.17, 15) is 9.59 Å². The van der Waals surface area contributed by atoms with Crippen molar-refractivity contribution in [1.29, 1.82) is 0 Å². The number of hydrogen-bond donors (Lipinski definition) is 0. The van der Waals surface area contributed by atoms with E-state index in [0.29, 0.717) is 32.8 Å². The number of rotatable bonds is 4. The molecule has 2 aliphatic heterocycles. The highest BCUT2D eigenvalue weighted by Crippen LogP contribution is 2.30. The average molecular weight is 507 g/mol. The van der Waals surface area contributed by atoms with E-state index in [2.05, 4.69) is 6.07 Å². The molecular formula is C25H35ClN4O3S. The molecule has 0 saturated carbocycles. The lowest BCUT2D eigenvalue weighted by Crippen LogP contribution is -2.48. The Balaban J connectivity index is 1.48. The summed E-state index contributed by atoms with van der Waals surface area (Å²) in [5.74, 6) is 0.252. The van der Waals surface area contributed by atoms with Crippen LogP contribution < -0.4 is 0 Å². The molecule has 0 radical (unpaired) electrons. The highest BCUT2D eigenvalue weighted by Gasteiger charge is 2.30. The van der Waals surface area contributed by atoms with Crippen LogP contribution >= 0.6 is 22.9 Å². The Bertz CT molecular complexity index is 1010. The molecule has 2 fully saturated rings. The monoisotopic (exact) mass is 506 g/mol. The fourth-order valence-corrected chi connectivity index (χ4v) is 5.67. The quantitative estimate of drug-likeness (QED) is 0.579. The molecule has 0 aromatic carbocycles. The van der Waals surface area contributed by atoms with E-state index < -0.39 is 5.41 Å². The Kier molecular flexibility index (Phi) is 8.00. The summed E-state index contributed by atoms with van der Waals surface area (Å²) in [6.07, 6.45) is 4.32. The molecule has 0 aliphatic carbocycles. The van der Waals surface area contributed by atoms with Crippen LogP contribution in [0.15, 0.2) is 18.2 Å². The third-order valence-corrected chi connectivity index (χ3v) is 7.88. The molecule has 2 saturated heterocycles. The maximum absolute atomic E-state index is 13.2. The summed E-state index contributed by atoms with van der Waals surface area (Å²) in [7, 11) is 0. The van der Waals surface area contributed by atoms with E-state index in [0.717, 1.165) is 54.4 Å². The van der Waals surface area contributed by atoms with Crippen LogP contribution in [-0.4, -0.2) is 70.9 Å². The van der Waals surface area contributed by atoms with Gasteiger partial charge in [0.15, 0.2) is 0 Å². The van der Waals surface area contributed by atoms with Crippen molar-refractivity contribution in [1.82, 2.24) is 19.6 Å². The predicted octanol–water partition coefficient (Wildman–Crippen LogP) is 5.09. The van der Waals surface area contributed by atoms with Gasteiger partial charge in [-0.1, -0.05) is 32.4 Å². The minimum absolute atomic E-state index is 0.00991. The van der Waals surface area contributed by atoms with Crippen molar-refractivity contribution in [3.8, 4) is 0 Å². The second-order valence-corrected chi connectivity index (χ2v) is 12.0. The van der Waals surface area contributed by atoms with Crippen LogP contribution in [0.1, 0.15) is 67.0 Å². The van der Waals surface area contributed by atoms with E-state index in [1.165, 1.54) is 4.88 Å². The van der Waals surface area contributed by atoms with E-state index in [1.807, 2.05) is 42.7 Å². The number of ether oxygens (including phenoxy) is 1. The number of halogens is 1. The fourth-order valence-electron chi connectivity index (χ4n) is 4.59. The Morgan fingerprint density at radius 2 is 1.82 bits per heavy atom. The minimum Gasteiger partial charge on any atom is -0.378 e. The smallest absolute Gasteiger partial charge is 0.320 e. The van der Waals surface area contributed by atoms with Gasteiger partial charge in [0.25, 0.3) is 5.91 Å². The molecule has 0 spiro atoms. The van der Waals surface area contributed by atoms with Crippen molar-refractivity contribution < 1.29 is 14.3 Å². The summed E-state index contributed by atoms with van der Waals surface area (Å²) in [4.78, 5) is 31.2. The fraction of sp³-hybridized carbons (Fsp3) is 0.640. The predicted molar refractivity (Wildman–Crippen MR) is 135 cm³/mol. The lowest BCUT2D eigenvalue weighted by atomic mass is 9.95. The number of carbonyl (C=O) groups excluding carboxylic acids is 2. The normalized spacial score (nSPS) is 19.8. The molecule has 2 aromatic heterocycles.